The minimum Gasteiger partial charge on any atom is -0.381 e. The SMILES string of the molecule is CO[C@H]1CCN2C(=O)N(C)C(=O)C2C1. The summed E-state index contributed by atoms with van der Waals surface area (Å²) in [6, 6.07) is -0.458. The lowest BCUT2D eigenvalue weighted by atomic mass is 10.0. The van der Waals surface area contributed by atoms with Gasteiger partial charge in [0.15, 0.2) is 0 Å². The van der Waals surface area contributed by atoms with Gasteiger partial charge in [-0.25, -0.2) is 4.79 Å². The van der Waals surface area contributed by atoms with E-state index in [-0.39, 0.29) is 24.1 Å². The van der Waals surface area contributed by atoms with Crippen LogP contribution in [0.3, 0.4) is 0 Å². The monoisotopic (exact) mass is 198 g/mol. The molecule has 2 heterocycles. The number of ether oxygens (including phenoxy) is 1. The summed E-state index contributed by atoms with van der Waals surface area (Å²) in [5.41, 5.74) is 0. The van der Waals surface area contributed by atoms with Gasteiger partial charge < -0.3 is 9.64 Å². The Morgan fingerprint density at radius 3 is 2.79 bits per heavy atom. The quantitative estimate of drug-likeness (QED) is 0.560. The van der Waals surface area contributed by atoms with Crippen LogP contribution < -0.4 is 0 Å². The molecule has 14 heavy (non-hydrogen) atoms. The fourth-order valence-electron chi connectivity index (χ4n) is 2.12. The Kier molecular flexibility index (Phi) is 2.19. The van der Waals surface area contributed by atoms with Gasteiger partial charge in [-0.15, -0.1) is 0 Å². The first-order valence-electron chi connectivity index (χ1n) is 4.76. The van der Waals surface area contributed by atoms with Gasteiger partial charge in [-0.1, -0.05) is 0 Å². The van der Waals surface area contributed by atoms with Crippen LogP contribution in [0.15, 0.2) is 0 Å². The number of carbonyl (C=O) groups excluding carboxylic acids is 2. The van der Waals surface area contributed by atoms with E-state index < -0.39 is 0 Å². The molecule has 2 aliphatic rings. The maximum Gasteiger partial charge on any atom is 0.327 e. The van der Waals surface area contributed by atoms with Crippen LogP contribution in [0.4, 0.5) is 4.79 Å². The third-order valence-electron chi connectivity index (χ3n) is 3.04. The molecule has 0 aromatic heterocycles. The third-order valence-corrected chi connectivity index (χ3v) is 3.04. The van der Waals surface area contributed by atoms with Crippen molar-refractivity contribution < 1.29 is 14.3 Å². The van der Waals surface area contributed by atoms with E-state index in [4.69, 9.17) is 4.74 Å². The lowest BCUT2D eigenvalue weighted by Crippen LogP contribution is -2.44. The fourth-order valence-corrected chi connectivity index (χ4v) is 2.12. The first kappa shape index (κ1) is 9.45. The van der Waals surface area contributed by atoms with E-state index in [0.29, 0.717) is 13.0 Å². The molecule has 0 spiro atoms. The number of likely N-dealkylation sites (N-methyl/N-ethyl adjacent to an activating group) is 1. The number of carbonyl (C=O) groups is 2. The summed E-state index contributed by atoms with van der Waals surface area (Å²) in [5.74, 6) is -0.100. The normalized spacial score (nSPS) is 32.4. The summed E-state index contributed by atoms with van der Waals surface area (Å²) in [6.45, 7) is 0.623. The van der Waals surface area contributed by atoms with Crippen molar-refractivity contribution >= 4 is 11.9 Å². The van der Waals surface area contributed by atoms with Gasteiger partial charge in [0.1, 0.15) is 6.04 Å². The number of nitrogens with zero attached hydrogens (tertiary/aromatic N) is 2. The van der Waals surface area contributed by atoms with Crippen LogP contribution in [0.5, 0.6) is 0 Å². The van der Waals surface area contributed by atoms with Crippen LogP contribution in [0.1, 0.15) is 12.8 Å². The van der Waals surface area contributed by atoms with Crippen LogP contribution in [0.2, 0.25) is 0 Å². The lowest BCUT2D eigenvalue weighted by Gasteiger charge is -2.31. The molecule has 2 rings (SSSR count). The van der Waals surface area contributed by atoms with Crippen LogP contribution >= 0.6 is 0 Å². The van der Waals surface area contributed by atoms with Gasteiger partial charge in [0.25, 0.3) is 5.91 Å². The summed E-state index contributed by atoms with van der Waals surface area (Å²) in [7, 11) is 3.18. The molecule has 78 valence electrons. The van der Waals surface area contributed by atoms with Gasteiger partial charge in [0.05, 0.1) is 6.10 Å². The first-order valence-corrected chi connectivity index (χ1v) is 4.76. The summed E-state index contributed by atoms with van der Waals surface area (Å²) < 4.78 is 5.21. The van der Waals surface area contributed by atoms with E-state index >= 15 is 0 Å². The van der Waals surface area contributed by atoms with Gasteiger partial charge in [-0.05, 0) is 6.42 Å². The van der Waals surface area contributed by atoms with E-state index in [2.05, 4.69) is 0 Å². The highest BCUT2D eigenvalue weighted by Crippen LogP contribution is 2.26. The number of fused-ring (bicyclic) bond motifs is 1. The number of hydrogen-bond acceptors (Lipinski definition) is 3. The number of imide groups is 1. The van der Waals surface area contributed by atoms with Crippen molar-refractivity contribution in [3.05, 3.63) is 0 Å². The molecule has 0 aromatic carbocycles. The molecule has 0 aromatic rings. The first-order chi connectivity index (χ1) is 6.65. The molecule has 5 nitrogen and oxygen atoms in total. The molecule has 2 aliphatic heterocycles. The third kappa shape index (κ3) is 1.19. The minimum absolute atomic E-state index is 0.100. The van der Waals surface area contributed by atoms with Crippen molar-refractivity contribution in [1.29, 1.82) is 0 Å². The van der Waals surface area contributed by atoms with E-state index in [1.165, 1.54) is 11.9 Å². The van der Waals surface area contributed by atoms with Gasteiger partial charge in [0.2, 0.25) is 0 Å². The molecule has 0 radical (unpaired) electrons. The summed E-state index contributed by atoms with van der Waals surface area (Å²) >= 11 is 0. The standard InChI is InChI=1S/C9H14N2O3/c1-10-8(12)7-5-6(14-2)3-4-11(7)9(10)13/h6-7H,3-5H2,1-2H3/t6-,7?/m0/s1. The molecule has 0 N–H and O–H groups in total. The van der Waals surface area contributed by atoms with Crippen LogP contribution in [0.25, 0.3) is 0 Å². The maximum atomic E-state index is 11.6. The Morgan fingerprint density at radius 1 is 1.43 bits per heavy atom. The van der Waals surface area contributed by atoms with Gasteiger partial charge in [-0.3, -0.25) is 9.69 Å². The Morgan fingerprint density at radius 2 is 2.14 bits per heavy atom. The van der Waals surface area contributed by atoms with Gasteiger partial charge in [0, 0.05) is 27.1 Å². The predicted molar refractivity (Wildman–Crippen MR) is 48.7 cm³/mol. The van der Waals surface area contributed by atoms with E-state index in [0.717, 1.165) is 6.42 Å². The highest BCUT2D eigenvalue weighted by molar-refractivity contribution is 6.04. The van der Waals surface area contributed by atoms with Crippen molar-refractivity contribution in [1.82, 2.24) is 9.80 Å². The molecule has 5 heteroatoms. The summed E-state index contributed by atoms with van der Waals surface area (Å²) in [4.78, 5) is 26.0. The van der Waals surface area contributed by atoms with Crippen molar-refractivity contribution in [3.63, 3.8) is 0 Å². The molecule has 2 fully saturated rings. The second-order valence-electron chi connectivity index (χ2n) is 3.77. The number of rotatable bonds is 1. The number of piperidine rings is 1. The number of hydrogen-bond donors (Lipinski definition) is 0. The van der Waals surface area contributed by atoms with Gasteiger partial charge in [-0.2, -0.15) is 0 Å². The van der Waals surface area contributed by atoms with Crippen molar-refractivity contribution in [2.75, 3.05) is 20.7 Å². The highest BCUT2D eigenvalue weighted by Gasteiger charge is 2.46. The van der Waals surface area contributed by atoms with E-state index in [1.54, 1.807) is 12.0 Å². The zero-order valence-electron chi connectivity index (χ0n) is 8.40. The van der Waals surface area contributed by atoms with Crippen molar-refractivity contribution in [2.24, 2.45) is 0 Å². The molecular formula is C9H14N2O3. The van der Waals surface area contributed by atoms with Crippen molar-refractivity contribution in [3.8, 4) is 0 Å². The predicted octanol–water partition coefficient (Wildman–Crippen LogP) is 0.0578. The van der Waals surface area contributed by atoms with Gasteiger partial charge >= 0.3 is 6.03 Å². The Hall–Kier alpha value is -1.10. The average Bonchev–Trinajstić information content (AvgIpc) is 2.44. The second kappa shape index (κ2) is 3.24. The fraction of sp³-hybridized carbons (Fsp3) is 0.778. The number of methoxy groups -OCH3 is 1. The van der Waals surface area contributed by atoms with Crippen molar-refractivity contribution in [2.45, 2.75) is 25.0 Å². The molecule has 3 amide bonds. The number of amides is 3. The van der Waals surface area contributed by atoms with Crippen LogP contribution in [-0.2, 0) is 9.53 Å². The highest BCUT2D eigenvalue weighted by atomic mass is 16.5. The minimum atomic E-state index is -0.286. The maximum absolute atomic E-state index is 11.6. The Labute approximate surface area is 82.6 Å². The molecule has 1 unspecified atom stereocenters. The molecule has 0 aliphatic carbocycles. The zero-order valence-corrected chi connectivity index (χ0v) is 8.40. The Bertz CT molecular complexity index is 279. The lowest BCUT2D eigenvalue weighted by molar-refractivity contribution is -0.129. The molecule has 2 atom stereocenters. The summed E-state index contributed by atoms with van der Waals surface area (Å²) in [6.07, 6.45) is 1.56. The van der Waals surface area contributed by atoms with Crippen LogP contribution in [-0.4, -0.2) is 54.6 Å². The largest absolute Gasteiger partial charge is 0.381 e. The molecule has 0 bridgehead atoms. The molecule has 0 saturated carbocycles. The van der Waals surface area contributed by atoms with E-state index in [9.17, 15) is 9.59 Å². The summed E-state index contributed by atoms with van der Waals surface area (Å²) in [5, 5.41) is 0. The molecule has 2 saturated heterocycles. The molecular weight excluding hydrogens is 184 g/mol. The Balaban J connectivity index is 2.16. The average molecular weight is 198 g/mol. The van der Waals surface area contributed by atoms with Crippen LogP contribution in [0, 0.1) is 0 Å². The smallest absolute Gasteiger partial charge is 0.327 e. The number of urea groups is 1. The second-order valence-corrected chi connectivity index (χ2v) is 3.77. The topological polar surface area (TPSA) is 49.9 Å². The van der Waals surface area contributed by atoms with E-state index in [1.807, 2.05) is 0 Å². The zero-order chi connectivity index (χ0) is 10.3.